The van der Waals surface area contributed by atoms with Crippen LogP contribution in [0.5, 0.6) is 0 Å². The number of amides is 2. The molecule has 15 heteroatoms. The van der Waals surface area contributed by atoms with E-state index < -0.39 is 39.9 Å². The van der Waals surface area contributed by atoms with Gasteiger partial charge < -0.3 is 10.2 Å². The maximum Gasteiger partial charge on any atom is 0.247 e. The van der Waals surface area contributed by atoms with Crippen molar-refractivity contribution in [2.75, 3.05) is 11.9 Å². The number of nitrogens with one attached hydrogen (secondary N) is 2. The van der Waals surface area contributed by atoms with Crippen LogP contribution < -0.4 is 10.0 Å². The summed E-state index contributed by atoms with van der Waals surface area (Å²) in [5.74, 6) is -1.92. The van der Waals surface area contributed by atoms with Crippen LogP contribution in [0.1, 0.15) is 48.1 Å². The molecule has 2 amide bonds. The molecule has 2 fully saturated rings. The van der Waals surface area contributed by atoms with Crippen LogP contribution in [0.4, 0.5) is 14.5 Å². The molecule has 2 aliphatic rings. The van der Waals surface area contributed by atoms with Gasteiger partial charge in [0.1, 0.15) is 30.3 Å². The van der Waals surface area contributed by atoms with E-state index in [1.165, 1.54) is 41.9 Å². The molecule has 1 aliphatic carbocycles. The van der Waals surface area contributed by atoms with Gasteiger partial charge in [-0.3, -0.25) is 19.1 Å². The van der Waals surface area contributed by atoms with E-state index in [0.29, 0.717) is 27.9 Å². The second-order valence-corrected chi connectivity index (χ2v) is 15.0. The first-order valence-electron chi connectivity index (χ1n) is 16.8. The van der Waals surface area contributed by atoms with E-state index in [2.05, 4.69) is 25.1 Å². The lowest BCUT2D eigenvalue weighted by Crippen LogP contribution is -2.44. The molecule has 1 aliphatic heterocycles. The summed E-state index contributed by atoms with van der Waals surface area (Å²) in [6.07, 6.45) is 3.04. The molecule has 2 aromatic heterocycles. The van der Waals surface area contributed by atoms with Gasteiger partial charge in [-0.05, 0) is 73.7 Å². The van der Waals surface area contributed by atoms with Crippen LogP contribution in [-0.2, 0) is 26.2 Å². The lowest BCUT2D eigenvalue weighted by Gasteiger charge is -2.24. The van der Waals surface area contributed by atoms with E-state index in [4.69, 9.17) is 0 Å². The van der Waals surface area contributed by atoms with E-state index in [1.54, 1.807) is 50.5 Å². The van der Waals surface area contributed by atoms with E-state index in [0.717, 1.165) is 28.9 Å². The fourth-order valence-corrected chi connectivity index (χ4v) is 7.74. The highest BCUT2D eigenvalue weighted by Crippen LogP contribution is 2.34. The Balaban J connectivity index is 1.12. The lowest BCUT2D eigenvalue weighted by atomic mass is 9.99. The number of likely N-dealkylation sites (tertiary alicyclic amines) is 1. The molecular weight excluding hydrogens is 693 g/mol. The number of halogens is 2. The highest BCUT2D eigenvalue weighted by atomic mass is 32.2. The van der Waals surface area contributed by atoms with Crippen LogP contribution in [0, 0.1) is 19.7 Å². The third-order valence-corrected chi connectivity index (χ3v) is 10.8. The SMILES string of the molecule is CC(=O)c1nn(CC(=O)N2C[C@H](F)C[C@H]2C(=O)Nc2cccc(-c3cc(S(=O)(=O)NC4CC4)ccc3C)c2F)c2ccc(-c3cnc(C)nc3)cc12. The molecule has 5 aromatic rings. The molecule has 268 valence electrons. The summed E-state index contributed by atoms with van der Waals surface area (Å²) >= 11 is 0. The van der Waals surface area contributed by atoms with Gasteiger partial charge in [-0.2, -0.15) is 5.10 Å². The van der Waals surface area contributed by atoms with Crippen LogP contribution in [-0.4, -0.2) is 75.5 Å². The first kappa shape index (κ1) is 35.0. The summed E-state index contributed by atoms with van der Waals surface area (Å²) < 4.78 is 60.6. The average molecular weight is 728 g/mol. The molecule has 2 N–H and O–H groups in total. The number of fused-ring (bicyclic) bond motifs is 1. The molecule has 0 radical (unpaired) electrons. The van der Waals surface area contributed by atoms with Gasteiger partial charge in [-0.1, -0.05) is 24.3 Å². The van der Waals surface area contributed by atoms with Gasteiger partial charge in [0.05, 0.1) is 22.6 Å². The van der Waals surface area contributed by atoms with E-state index in [9.17, 15) is 27.2 Å². The van der Waals surface area contributed by atoms with Gasteiger partial charge in [0, 0.05) is 48.3 Å². The number of rotatable bonds is 10. The number of aromatic nitrogens is 4. The standard InChI is InChI=1S/C37H35F2N7O5S/c1-20-7-11-27(52(50,51)44-26-9-10-26)15-29(20)28-5-4-6-31(35(28)39)42-37(49)33-14-25(38)18-45(33)34(48)19-46-32-12-8-23(24-16-40-22(3)41-17-24)13-30(32)36(43-46)21(2)47/h4-8,11-13,15-17,25-26,33,44H,9-10,14,18-19H2,1-3H3,(H,42,49)/t25-,33+/m1/s1. The number of aryl methyl sites for hydroxylation is 2. The topological polar surface area (TPSA) is 156 Å². The number of nitrogens with zero attached hydrogens (tertiary/aromatic N) is 5. The van der Waals surface area contributed by atoms with Crippen molar-refractivity contribution in [1.29, 1.82) is 0 Å². The van der Waals surface area contributed by atoms with E-state index in [-0.39, 0.29) is 53.2 Å². The maximum atomic E-state index is 16.0. The zero-order valence-electron chi connectivity index (χ0n) is 28.6. The molecule has 7 rings (SSSR count). The van der Waals surface area contributed by atoms with Crippen molar-refractivity contribution in [2.24, 2.45) is 0 Å². The Kier molecular flexibility index (Phi) is 9.17. The van der Waals surface area contributed by atoms with Gasteiger partial charge in [-0.15, -0.1) is 0 Å². The Bertz CT molecular complexity index is 2360. The summed E-state index contributed by atoms with van der Waals surface area (Å²) in [6, 6.07) is 12.7. The largest absolute Gasteiger partial charge is 0.326 e. The van der Waals surface area contributed by atoms with E-state index >= 15 is 4.39 Å². The van der Waals surface area contributed by atoms with Crippen LogP contribution in [0.3, 0.4) is 0 Å². The van der Waals surface area contributed by atoms with Crippen molar-refractivity contribution >= 4 is 44.2 Å². The van der Waals surface area contributed by atoms with Gasteiger partial charge >= 0.3 is 0 Å². The minimum Gasteiger partial charge on any atom is -0.326 e. The molecule has 52 heavy (non-hydrogen) atoms. The number of carbonyl (C=O) groups is 3. The number of Topliss-reactive ketones (excluding diaryl/α,β-unsaturated/α-hetero) is 1. The molecule has 0 bridgehead atoms. The molecule has 2 atom stereocenters. The fourth-order valence-electron chi connectivity index (χ4n) is 6.41. The molecular formula is C37H35F2N7O5S. The predicted octanol–water partition coefficient (Wildman–Crippen LogP) is 5.14. The number of alkyl halides is 1. The quantitative estimate of drug-likeness (QED) is 0.188. The molecule has 1 saturated heterocycles. The average Bonchev–Trinajstić information content (AvgIpc) is 3.70. The van der Waals surface area contributed by atoms with Gasteiger partial charge in [0.2, 0.25) is 21.8 Å². The Morgan fingerprint density at radius 2 is 1.71 bits per heavy atom. The maximum absolute atomic E-state index is 16.0. The summed E-state index contributed by atoms with van der Waals surface area (Å²) in [4.78, 5) is 49.4. The van der Waals surface area contributed by atoms with Crippen molar-refractivity contribution in [3.05, 3.63) is 89.9 Å². The first-order valence-corrected chi connectivity index (χ1v) is 18.2. The number of sulfonamides is 1. The highest BCUT2D eigenvalue weighted by molar-refractivity contribution is 7.89. The number of ketones is 1. The van der Waals surface area contributed by atoms with Crippen LogP contribution in [0.2, 0.25) is 0 Å². The minimum atomic E-state index is -3.81. The second kappa shape index (κ2) is 13.6. The van der Waals surface area contributed by atoms with Crippen LogP contribution >= 0.6 is 0 Å². The molecule has 0 unspecified atom stereocenters. The third kappa shape index (κ3) is 6.93. The van der Waals surface area contributed by atoms with Crippen molar-refractivity contribution in [3.8, 4) is 22.3 Å². The zero-order chi connectivity index (χ0) is 36.9. The second-order valence-electron chi connectivity index (χ2n) is 13.2. The molecule has 12 nitrogen and oxygen atoms in total. The number of carbonyl (C=O) groups excluding carboxylic acids is 3. The Hall–Kier alpha value is -5.41. The Morgan fingerprint density at radius 1 is 0.962 bits per heavy atom. The zero-order valence-corrected chi connectivity index (χ0v) is 29.4. The van der Waals surface area contributed by atoms with Crippen molar-refractivity contribution < 1.29 is 31.6 Å². The number of benzene rings is 3. The fraction of sp³-hybridized carbons (Fsp3) is 0.297. The number of anilines is 1. The molecule has 3 aromatic carbocycles. The van der Waals surface area contributed by atoms with E-state index in [1.807, 2.05) is 0 Å². The van der Waals surface area contributed by atoms with Crippen molar-refractivity contribution in [1.82, 2.24) is 29.4 Å². The molecule has 3 heterocycles. The Labute approximate surface area is 298 Å². The summed E-state index contributed by atoms with van der Waals surface area (Å²) in [5, 5.41) is 7.43. The minimum absolute atomic E-state index is 0.00960. The predicted molar refractivity (Wildman–Crippen MR) is 189 cm³/mol. The monoisotopic (exact) mass is 727 g/mol. The molecule has 0 spiro atoms. The lowest BCUT2D eigenvalue weighted by molar-refractivity contribution is -0.137. The van der Waals surface area contributed by atoms with Crippen molar-refractivity contribution in [2.45, 2.75) is 69.7 Å². The van der Waals surface area contributed by atoms with Crippen LogP contribution in [0.25, 0.3) is 33.2 Å². The number of hydrogen-bond acceptors (Lipinski definition) is 8. The smallest absolute Gasteiger partial charge is 0.247 e. The third-order valence-electron chi connectivity index (χ3n) is 9.32. The summed E-state index contributed by atoms with van der Waals surface area (Å²) in [7, 11) is -3.81. The van der Waals surface area contributed by atoms with Crippen LogP contribution in [0.15, 0.2) is 71.9 Å². The van der Waals surface area contributed by atoms with Gasteiger partial charge in [0.15, 0.2) is 11.6 Å². The first-order chi connectivity index (χ1) is 24.8. The van der Waals surface area contributed by atoms with Gasteiger partial charge in [0.25, 0.3) is 0 Å². The summed E-state index contributed by atoms with van der Waals surface area (Å²) in [6.45, 7) is 4.11. The molecule has 1 saturated carbocycles. The number of hydrogen-bond donors (Lipinski definition) is 2. The summed E-state index contributed by atoms with van der Waals surface area (Å²) in [5.41, 5.74) is 2.89. The van der Waals surface area contributed by atoms with Crippen molar-refractivity contribution in [3.63, 3.8) is 0 Å². The normalized spacial score (nSPS) is 17.4. The Morgan fingerprint density at radius 3 is 2.42 bits per heavy atom. The highest BCUT2D eigenvalue weighted by Gasteiger charge is 2.40. The van der Waals surface area contributed by atoms with Gasteiger partial charge in [-0.25, -0.2) is 31.9 Å².